The minimum atomic E-state index is -1.21. The Balaban J connectivity index is 2.15. The highest BCUT2D eigenvalue weighted by Crippen LogP contribution is 2.38. The van der Waals surface area contributed by atoms with E-state index in [0.29, 0.717) is 27.4 Å². The Bertz CT molecular complexity index is 855. The third-order valence-electron chi connectivity index (χ3n) is 4.10. The van der Waals surface area contributed by atoms with E-state index in [1.54, 1.807) is 31.2 Å². The van der Waals surface area contributed by atoms with Crippen molar-refractivity contribution < 1.29 is 23.8 Å². The number of carboxylic acids is 1. The predicted octanol–water partition coefficient (Wildman–Crippen LogP) is 3.69. The SMILES string of the molecule is Cc1c(F)cccc1C1OC(CC(=O)O)C(=O)Nc2ccc(Cl)cc21. The molecule has 0 saturated heterocycles. The molecule has 0 fully saturated rings. The van der Waals surface area contributed by atoms with Crippen LogP contribution in [-0.2, 0) is 14.3 Å². The van der Waals surface area contributed by atoms with Gasteiger partial charge in [-0.05, 0) is 42.3 Å². The molecular formula is C18H15ClFNO4. The second-order valence-electron chi connectivity index (χ2n) is 5.78. The van der Waals surface area contributed by atoms with Crippen LogP contribution in [-0.4, -0.2) is 23.1 Å². The van der Waals surface area contributed by atoms with Crippen molar-refractivity contribution in [3.8, 4) is 0 Å². The van der Waals surface area contributed by atoms with Crippen LogP contribution in [0.5, 0.6) is 0 Å². The van der Waals surface area contributed by atoms with Crippen molar-refractivity contribution in [1.82, 2.24) is 0 Å². The number of amides is 1. The zero-order valence-corrected chi connectivity index (χ0v) is 14.0. The first-order valence-electron chi connectivity index (χ1n) is 7.59. The number of carbonyl (C=O) groups is 2. The monoisotopic (exact) mass is 363 g/mol. The van der Waals surface area contributed by atoms with Gasteiger partial charge in [-0.15, -0.1) is 0 Å². The molecule has 5 nitrogen and oxygen atoms in total. The number of carbonyl (C=O) groups excluding carboxylic acids is 1. The van der Waals surface area contributed by atoms with Crippen LogP contribution in [0.25, 0.3) is 0 Å². The number of hydrogen-bond donors (Lipinski definition) is 2. The molecule has 2 aromatic carbocycles. The van der Waals surface area contributed by atoms with Crippen molar-refractivity contribution in [2.45, 2.75) is 25.6 Å². The first kappa shape index (κ1) is 17.4. The number of hydrogen-bond acceptors (Lipinski definition) is 3. The van der Waals surface area contributed by atoms with Crippen LogP contribution >= 0.6 is 11.6 Å². The van der Waals surface area contributed by atoms with E-state index in [-0.39, 0.29) is 0 Å². The quantitative estimate of drug-likeness (QED) is 0.872. The minimum absolute atomic E-state index is 0.363. The fourth-order valence-corrected chi connectivity index (χ4v) is 3.01. The number of fused-ring (bicyclic) bond motifs is 1. The normalized spacial score (nSPS) is 19.7. The number of nitrogens with one attached hydrogen (secondary N) is 1. The van der Waals surface area contributed by atoms with Crippen molar-refractivity contribution >= 4 is 29.2 Å². The van der Waals surface area contributed by atoms with Gasteiger partial charge in [-0.1, -0.05) is 23.7 Å². The van der Waals surface area contributed by atoms with E-state index in [1.807, 2.05) is 0 Å². The third kappa shape index (κ3) is 3.50. The lowest BCUT2D eigenvalue weighted by Crippen LogP contribution is -2.31. The van der Waals surface area contributed by atoms with Gasteiger partial charge in [0.25, 0.3) is 5.91 Å². The summed E-state index contributed by atoms with van der Waals surface area (Å²) in [6.45, 7) is 1.60. The standard InChI is InChI=1S/C18H15ClFNO4/c1-9-11(3-2-4-13(9)20)17-12-7-10(19)5-6-14(12)21-18(24)15(25-17)8-16(22)23/h2-7,15,17H,8H2,1H3,(H,21,24)(H,22,23). The van der Waals surface area contributed by atoms with Gasteiger partial charge in [0, 0.05) is 16.3 Å². The largest absolute Gasteiger partial charge is 0.481 e. The highest BCUT2D eigenvalue weighted by atomic mass is 35.5. The maximum atomic E-state index is 14.0. The molecule has 0 radical (unpaired) electrons. The van der Waals surface area contributed by atoms with E-state index in [2.05, 4.69) is 5.32 Å². The molecule has 2 unspecified atom stereocenters. The molecule has 1 aliphatic rings. The fourth-order valence-electron chi connectivity index (χ4n) is 2.83. The lowest BCUT2D eigenvalue weighted by Gasteiger charge is -2.22. The molecule has 0 aliphatic carbocycles. The number of aliphatic carboxylic acids is 1. The van der Waals surface area contributed by atoms with E-state index in [1.165, 1.54) is 12.1 Å². The number of carboxylic acid groups (broad SMARTS) is 1. The molecule has 2 aromatic rings. The van der Waals surface area contributed by atoms with Crippen LogP contribution in [0.2, 0.25) is 5.02 Å². The number of rotatable bonds is 3. The molecular weight excluding hydrogens is 349 g/mol. The van der Waals surface area contributed by atoms with E-state index in [9.17, 15) is 14.0 Å². The van der Waals surface area contributed by atoms with Crippen molar-refractivity contribution in [1.29, 1.82) is 0 Å². The third-order valence-corrected chi connectivity index (χ3v) is 4.33. The molecule has 1 aliphatic heterocycles. The van der Waals surface area contributed by atoms with Crippen LogP contribution < -0.4 is 5.32 Å². The molecule has 0 bridgehead atoms. The molecule has 2 atom stereocenters. The summed E-state index contributed by atoms with van der Waals surface area (Å²) in [6, 6.07) is 9.39. The Morgan fingerprint density at radius 2 is 2.08 bits per heavy atom. The van der Waals surface area contributed by atoms with Gasteiger partial charge in [0.1, 0.15) is 18.0 Å². The number of ether oxygens (including phenoxy) is 1. The zero-order chi connectivity index (χ0) is 18.1. The van der Waals surface area contributed by atoms with Crippen molar-refractivity contribution in [3.05, 3.63) is 63.9 Å². The summed E-state index contributed by atoms with van der Waals surface area (Å²) in [7, 11) is 0. The Morgan fingerprint density at radius 1 is 1.32 bits per heavy atom. The average Bonchev–Trinajstić information content (AvgIpc) is 2.67. The second-order valence-corrected chi connectivity index (χ2v) is 6.21. The molecule has 25 heavy (non-hydrogen) atoms. The van der Waals surface area contributed by atoms with Crippen LogP contribution in [0, 0.1) is 12.7 Å². The maximum Gasteiger partial charge on any atom is 0.306 e. The zero-order valence-electron chi connectivity index (χ0n) is 13.3. The molecule has 0 aromatic heterocycles. The Hall–Kier alpha value is -2.44. The molecule has 7 heteroatoms. The first-order chi connectivity index (χ1) is 11.9. The Labute approximate surface area is 148 Å². The summed E-state index contributed by atoms with van der Waals surface area (Å²) < 4.78 is 19.8. The van der Waals surface area contributed by atoms with E-state index in [4.69, 9.17) is 21.4 Å². The predicted molar refractivity (Wildman–Crippen MR) is 90.2 cm³/mol. The van der Waals surface area contributed by atoms with Gasteiger partial charge in [0.05, 0.1) is 6.42 Å². The van der Waals surface area contributed by atoms with Gasteiger partial charge in [0.2, 0.25) is 0 Å². The second kappa shape index (κ2) is 6.82. The van der Waals surface area contributed by atoms with Crippen LogP contribution in [0.1, 0.15) is 29.2 Å². The summed E-state index contributed by atoms with van der Waals surface area (Å²) >= 11 is 6.07. The summed E-state index contributed by atoms with van der Waals surface area (Å²) in [4.78, 5) is 23.4. The van der Waals surface area contributed by atoms with Crippen molar-refractivity contribution in [2.24, 2.45) is 0 Å². The Kier molecular flexibility index (Phi) is 4.74. The maximum absolute atomic E-state index is 14.0. The Morgan fingerprint density at radius 3 is 2.80 bits per heavy atom. The highest BCUT2D eigenvalue weighted by molar-refractivity contribution is 6.30. The van der Waals surface area contributed by atoms with Gasteiger partial charge >= 0.3 is 5.97 Å². The van der Waals surface area contributed by atoms with E-state index >= 15 is 0 Å². The summed E-state index contributed by atoms with van der Waals surface area (Å²) in [6.07, 6.45) is -2.54. The lowest BCUT2D eigenvalue weighted by atomic mass is 9.96. The molecule has 3 rings (SSSR count). The van der Waals surface area contributed by atoms with Gasteiger partial charge in [-0.3, -0.25) is 9.59 Å². The molecule has 130 valence electrons. The van der Waals surface area contributed by atoms with E-state index < -0.39 is 36.3 Å². The van der Waals surface area contributed by atoms with Crippen molar-refractivity contribution in [3.63, 3.8) is 0 Å². The smallest absolute Gasteiger partial charge is 0.306 e. The van der Waals surface area contributed by atoms with Gasteiger partial charge in [0.15, 0.2) is 0 Å². The molecule has 1 amide bonds. The van der Waals surface area contributed by atoms with Crippen LogP contribution in [0.3, 0.4) is 0 Å². The van der Waals surface area contributed by atoms with Crippen LogP contribution in [0.15, 0.2) is 36.4 Å². The van der Waals surface area contributed by atoms with E-state index in [0.717, 1.165) is 0 Å². The number of anilines is 1. The van der Waals surface area contributed by atoms with Gasteiger partial charge in [-0.25, -0.2) is 4.39 Å². The topological polar surface area (TPSA) is 75.6 Å². The fraction of sp³-hybridized carbons (Fsp3) is 0.222. The van der Waals surface area contributed by atoms with Gasteiger partial charge < -0.3 is 15.2 Å². The van der Waals surface area contributed by atoms with Crippen molar-refractivity contribution in [2.75, 3.05) is 5.32 Å². The summed E-state index contributed by atoms with van der Waals surface area (Å²) in [5.74, 6) is -2.15. The number of benzene rings is 2. The molecule has 0 saturated carbocycles. The molecule has 0 spiro atoms. The number of halogens is 2. The minimum Gasteiger partial charge on any atom is -0.481 e. The lowest BCUT2D eigenvalue weighted by molar-refractivity contribution is -0.146. The van der Waals surface area contributed by atoms with Gasteiger partial charge in [-0.2, -0.15) is 0 Å². The molecule has 2 N–H and O–H groups in total. The highest BCUT2D eigenvalue weighted by Gasteiger charge is 2.34. The van der Waals surface area contributed by atoms with Crippen LogP contribution in [0.4, 0.5) is 10.1 Å². The average molecular weight is 364 g/mol. The first-order valence-corrected chi connectivity index (χ1v) is 7.97. The summed E-state index contributed by atoms with van der Waals surface area (Å²) in [5, 5.41) is 12.1. The molecule has 1 heterocycles. The summed E-state index contributed by atoms with van der Waals surface area (Å²) in [5.41, 5.74) is 1.87.